The summed E-state index contributed by atoms with van der Waals surface area (Å²) in [5.74, 6) is 1.20. The van der Waals surface area contributed by atoms with E-state index in [1.807, 2.05) is 29.7 Å². The van der Waals surface area contributed by atoms with E-state index in [9.17, 15) is 9.18 Å². The molecule has 1 aromatic carbocycles. The van der Waals surface area contributed by atoms with Gasteiger partial charge in [-0.2, -0.15) is 5.10 Å². The molecular weight excluding hydrogens is 447 g/mol. The number of imidazole rings is 1. The molecule has 1 aliphatic heterocycles. The van der Waals surface area contributed by atoms with Gasteiger partial charge in [0, 0.05) is 49.2 Å². The number of pyridine rings is 1. The van der Waals surface area contributed by atoms with Crippen molar-refractivity contribution >= 4 is 5.65 Å². The zero-order valence-electron chi connectivity index (χ0n) is 19.9. The van der Waals surface area contributed by atoms with E-state index in [1.165, 1.54) is 0 Å². The Hall–Kier alpha value is -4.05. The fourth-order valence-electron chi connectivity index (χ4n) is 4.94. The molecule has 35 heavy (non-hydrogen) atoms. The molecule has 0 aliphatic carbocycles. The van der Waals surface area contributed by atoms with Crippen LogP contribution in [0.25, 0.3) is 22.8 Å². The maximum absolute atomic E-state index is 14.4. The summed E-state index contributed by atoms with van der Waals surface area (Å²) in [7, 11) is 0. The second-order valence-electron chi connectivity index (χ2n) is 9.10. The minimum Gasteiger partial charge on any atom is -0.310 e. The van der Waals surface area contributed by atoms with E-state index >= 15 is 0 Å². The number of halogens is 1. The summed E-state index contributed by atoms with van der Waals surface area (Å²) in [6.07, 6.45) is 6.09. The third kappa shape index (κ3) is 3.24. The van der Waals surface area contributed by atoms with E-state index in [0.29, 0.717) is 28.3 Å². The number of aromatic nitrogens is 7. The van der Waals surface area contributed by atoms with Gasteiger partial charge in [-0.25, -0.2) is 13.9 Å². The van der Waals surface area contributed by atoms with Gasteiger partial charge < -0.3 is 5.32 Å². The van der Waals surface area contributed by atoms with Gasteiger partial charge in [0.25, 0.3) is 0 Å². The highest BCUT2D eigenvalue weighted by Crippen LogP contribution is 2.31. The van der Waals surface area contributed by atoms with Gasteiger partial charge in [-0.05, 0) is 57.0 Å². The van der Waals surface area contributed by atoms with Crippen LogP contribution >= 0.6 is 0 Å². The average Bonchev–Trinajstić information content (AvgIpc) is 3.52. The Morgan fingerprint density at radius 3 is 2.51 bits per heavy atom. The Morgan fingerprint density at radius 1 is 1.00 bits per heavy atom. The first-order chi connectivity index (χ1) is 16.8. The molecule has 0 unspecified atom stereocenters. The normalized spacial score (nSPS) is 15.6. The molecule has 5 heterocycles. The molecule has 0 fully saturated rings. The molecule has 10 heteroatoms. The summed E-state index contributed by atoms with van der Waals surface area (Å²) in [6.45, 7) is 8.23. The van der Waals surface area contributed by atoms with Gasteiger partial charge >= 0.3 is 5.69 Å². The molecule has 1 N–H and O–H groups in total. The van der Waals surface area contributed by atoms with Crippen molar-refractivity contribution in [3.63, 3.8) is 0 Å². The lowest BCUT2D eigenvalue weighted by molar-refractivity contribution is 0.536. The number of benzene rings is 1. The first kappa shape index (κ1) is 21.5. The van der Waals surface area contributed by atoms with Crippen LogP contribution in [0.3, 0.4) is 0 Å². The van der Waals surface area contributed by atoms with Crippen molar-refractivity contribution in [3.8, 4) is 17.2 Å². The molecule has 9 nitrogen and oxygen atoms in total. The van der Waals surface area contributed by atoms with Crippen LogP contribution in [0.5, 0.6) is 0 Å². The van der Waals surface area contributed by atoms with Gasteiger partial charge in [0.1, 0.15) is 17.5 Å². The topological polar surface area (TPSA) is 87.0 Å². The Kier molecular flexibility index (Phi) is 4.75. The number of nitrogens with one attached hydrogen (secondary N) is 1. The average molecular weight is 473 g/mol. The van der Waals surface area contributed by atoms with Crippen LogP contribution in [-0.2, 0) is 6.42 Å². The van der Waals surface area contributed by atoms with Crippen molar-refractivity contribution in [2.75, 3.05) is 6.54 Å². The Bertz CT molecular complexity index is 1650. The smallest absolute Gasteiger partial charge is 0.310 e. The van der Waals surface area contributed by atoms with Crippen molar-refractivity contribution in [3.05, 3.63) is 87.4 Å². The first-order valence-electron chi connectivity index (χ1n) is 11.6. The molecule has 178 valence electrons. The predicted octanol–water partition coefficient (Wildman–Crippen LogP) is 3.13. The predicted molar refractivity (Wildman–Crippen MR) is 129 cm³/mol. The van der Waals surface area contributed by atoms with Gasteiger partial charge in [-0.15, -0.1) is 10.2 Å². The number of aryl methyl sites for hydroxylation is 3. The molecule has 6 rings (SSSR count). The zero-order chi connectivity index (χ0) is 24.4. The van der Waals surface area contributed by atoms with Gasteiger partial charge in [0.15, 0.2) is 5.65 Å². The molecule has 5 aromatic rings. The summed E-state index contributed by atoms with van der Waals surface area (Å²) < 4.78 is 21.2. The molecule has 0 spiro atoms. The second kappa shape index (κ2) is 7.74. The van der Waals surface area contributed by atoms with E-state index in [4.69, 9.17) is 5.10 Å². The third-order valence-corrected chi connectivity index (χ3v) is 6.73. The fourth-order valence-corrected chi connectivity index (χ4v) is 4.94. The van der Waals surface area contributed by atoms with E-state index in [2.05, 4.69) is 22.4 Å². The zero-order valence-corrected chi connectivity index (χ0v) is 19.9. The summed E-state index contributed by atoms with van der Waals surface area (Å²) >= 11 is 0. The number of rotatable bonds is 3. The summed E-state index contributed by atoms with van der Waals surface area (Å²) in [5.41, 5.74) is 4.82. The lowest BCUT2D eigenvalue weighted by Crippen LogP contribution is -2.30. The van der Waals surface area contributed by atoms with Crippen molar-refractivity contribution in [2.24, 2.45) is 0 Å². The van der Waals surface area contributed by atoms with E-state index in [0.717, 1.165) is 35.7 Å². The minimum atomic E-state index is -0.233. The highest BCUT2D eigenvalue weighted by Gasteiger charge is 2.29. The lowest BCUT2D eigenvalue weighted by Gasteiger charge is -2.21. The van der Waals surface area contributed by atoms with Crippen LogP contribution in [0, 0.1) is 26.6 Å². The lowest BCUT2D eigenvalue weighted by atomic mass is 10.0. The summed E-state index contributed by atoms with van der Waals surface area (Å²) in [5, 5.41) is 16.6. The Morgan fingerprint density at radius 2 is 1.74 bits per heavy atom. The van der Waals surface area contributed by atoms with Crippen molar-refractivity contribution < 1.29 is 4.39 Å². The van der Waals surface area contributed by atoms with Crippen molar-refractivity contribution in [1.29, 1.82) is 0 Å². The van der Waals surface area contributed by atoms with Crippen LogP contribution in [0.2, 0.25) is 0 Å². The number of nitrogens with zero attached hydrogens (tertiary/aromatic N) is 7. The molecule has 1 aliphatic rings. The fraction of sp³-hybridized carbons (Fsp3) is 0.280. The number of hydrogen-bond donors (Lipinski definition) is 1. The summed E-state index contributed by atoms with van der Waals surface area (Å²) in [6, 6.07) is 7.24. The van der Waals surface area contributed by atoms with Crippen LogP contribution < -0.4 is 11.0 Å². The minimum absolute atomic E-state index is 0.00992. The van der Waals surface area contributed by atoms with E-state index in [-0.39, 0.29) is 17.5 Å². The number of fused-ring (bicyclic) bond motifs is 2. The van der Waals surface area contributed by atoms with Gasteiger partial charge in [0.2, 0.25) is 0 Å². The third-order valence-electron chi connectivity index (χ3n) is 6.73. The molecule has 0 bridgehead atoms. The van der Waals surface area contributed by atoms with Crippen LogP contribution in [0.4, 0.5) is 4.39 Å². The SMILES string of the molecule is Cc1cc(-n2nc3c(c2-n2ccn(-c4ccn5c(C)nnc5c4)c2=O)[C@H](C)NCC3)cc(C)c1F. The first-order valence-corrected chi connectivity index (χ1v) is 11.6. The monoisotopic (exact) mass is 472 g/mol. The van der Waals surface area contributed by atoms with E-state index in [1.54, 1.807) is 52.2 Å². The van der Waals surface area contributed by atoms with E-state index < -0.39 is 0 Å². The molecule has 0 saturated carbocycles. The summed E-state index contributed by atoms with van der Waals surface area (Å²) in [4.78, 5) is 13.7. The van der Waals surface area contributed by atoms with Crippen LogP contribution in [0.15, 0.2) is 47.7 Å². The highest BCUT2D eigenvalue weighted by atomic mass is 19.1. The van der Waals surface area contributed by atoms with Gasteiger partial charge in [0.05, 0.1) is 17.1 Å². The standard InChI is InChI=1S/C25H25FN8O/c1-14-11-19(12-15(2)23(14)26)34-24(22-16(3)27-7-5-20(22)30-34)33-10-9-32(25(33)35)18-6-8-31-17(4)28-29-21(31)13-18/h6,8-13,16,27H,5,7H2,1-4H3/t16-/m0/s1. The highest BCUT2D eigenvalue weighted by molar-refractivity contribution is 5.52. The van der Waals surface area contributed by atoms with Crippen LogP contribution in [-0.4, -0.2) is 40.1 Å². The van der Waals surface area contributed by atoms with Crippen molar-refractivity contribution in [2.45, 2.75) is 40.2 Å². The van der Waals surface area contributed by atoms with Gasteiger partial charge in [-0.1, -0.05) is 0 Å². The maximum atomic E-state index is 14.4. The van der Waals surface area contributed by atoms with Crippen molar-refractivity contribution in [1.82, 2.24) is 38.8 Å². The molecule has 0 radical (unpaired) electrons. The molecule has 0 amide bonds. The van der Waals surface area contributed by atoms with Gasteiger partial charge in [-0.3, -0.25) is 13.5 Å². The molecular formula is C25H25FN8O. The second-order valence-corrected chi connectivity index (χ2v) is 9.10. The molecule has 0 saturated heterocycles. The molecule has 1 atom stereocenters. The molecule has 4 aromatic heterocycles. The van der Waals surface area contributed by atoms with Crippen LogP contribution in [0.1, 0.15) is 41.2 Å². The number of hydrogen-bond acceptors (Lipinski definition) is 5. The Balaban J connectivity index is 1.57. The quantitative estimate of drug-likeness (QED) is 0.436. The Labute approximate surface area is 200 Å². The maximum Gasteiger partial charge on any atom is 0.338 e. The largest absolute Gasteiger partial charge is 0.338 e.